The van der Waals surface area contributed by atoms with Gasteiger partial charge in [0.25, 0.3) is 5.91 Å². The number of carbonyl (C=O) groups is 2. The monoisotopic (exact) mass is 343 g/mol. The number of esters is 1. The highest BCUT2D eigenvalue weighted by atomic mass is 35.5. The molecule has 0 aliphatic heterocycles. The number of ether oxygens (including phenoxy) is 1. The van der Waals surface area contributed by atoms with Gasteiger partial charge in [-0.05, 0) is 44.4 Å². The Bertz CT molecular complexity index is 573. The first-order chi connectivity index (χ1) is 10.4. The first-order valence-electron chi connectivity index (χ1n) is 7.34. The van der Waals surface area contributed by atoms with Crippen molar-refractivity contribution in [2.45, 2.75) is 45.3 Å². The van der Waals surface area contributed by atoms with Gasteiger partial charge in [0.15, 0.2) is 6.10 Å². The molecular formula is C16H19Cl2NO3. The van der Waals surface area contributed by atoms with Crippen LogP contribution < -0.4 is 5.32 Å². The summed E-state index contributed by atoms with van der Waals surface area (Å²) in [4.78, 5) is 23.9. The van der Waals surface area contributed by atoms with Gasteiger partial charge >= 0.3 is 5.97 Å². The molecule has 1 aliphatic rings. The molecule has 0 unspecified atom stereocenters. The molecule has 0 heterocycles. The summed E-state index contributed by atoms with van der Waals surface area (Å²) in [6.07, 6.45) is 1.93. The average Bonchev–Trinajstić information content (AvgIpc) is 2.35. The molecule has 1 N–H and O–H groups in total. The van der Waals surface area contributed by atoms with Crippen molar-refractivity contribution in [2.24, 2.45) is 5.92 Å². The van der Waals surface area contributed by atoms with Crippen LogP contribution in [-0.4, -0.2) is 18.0 Å². The van der Waals surface area contributed by atoms with Crippen LogP contribution in [0.5, 0.6) is 0 Å². The molecule has 0 spiro atoms. The summed E-state index contributed by atoms with van der Waals surface area (Å²) < 4.78 is 5.20. The number of benzene rings is 1. The summed E-state index contributed by atoms with van der Waals surface area (Å²) in [6.45, 7) is 3.38. The van der Waals surface area contributed by atoms with Gasteiger partial charge in [0.2, 0.25) is 0 Å². The van der Waals surface area contributed by atoms with Crippen LogP contribution in [-0.2, 0) is 14.3 Å². The SMILES string of the molecule is C[C@H](OC(=O)C1CCC1)C(=O)N[C@@H](C)c1ccc(Cl)cc1Cl. The van der Waals surface area contributed by atoms with Crippen LogP contribution in [0.4, 0.5) is 0 Å². The highest BCUT2D eigenvalue weighted by molar-refractivity contribution is 6.35. The molecule has 120 valence electrons. The van der Waals surface area contributed by atoms with E-state index in [1.165, 1.54) is 0 Å². The van der Waals surface area contributed by atoms with Crippen LogP contribution >= 0.6 is 23.2 Å². The van der Waals surface area contributed by atoms with Gasteiger partial charge in [-0.3, -0.25) is 9.59 Å². The van der Waals surface area contributed by atoms with Gasteiger partial charge in [0.05, 0.1) is 12.0 Å². The highest BCUT2D eigenvalue weighted by Crippen LogP contribution is 2.28. The van der Waals surface area contributed by atoms with E-state index in [9.17, 15) is 9.59 Å². The minimum atomic E-state index is -0.818. The third-order valence-electron chi connectivity index (χ3n) is 3.89. The fourth-order valence-electron chi connectivity index (χ4n) is 2.23. The molecular weight excluding hydrogens is 325 g/mol. The van der Waals surface area contributed by atoms with Gasteiger partial charge in [-0.2, -0.15) is 0 Å². The Morgan fingerprint density at radius 1 is 1.27 bits per heavy atom. The number of hydrogen-bond donors (Lipinski definition) is 1. The number of nitrogens with one attached hydrogen (secondary N) is 1. The third kappa shape index (κ3) is 4.14. The van der Waals surface area contributed by atoms with E-state index < -0.39 is 6.10 Å². The summed E-state index contributed by atoms with van der Waals surface area (Å²) in [5, 5.41) is 3.82. The average molecular weight is 344 g/mol. The molecule has 2 atom stereocenters. The summed E-state index contributed by atoms with van der Waals surface area (Å²) >= 11 is 12.0. The van der Waals surface area contributed by atoms with Crippen molar-refractivity contribution in [3.8, 4) is 0 Å². The summed E-state index contributed by atoms with van der Waals surface area (Å²) in [5.41, 5.74) is 0.761. The van der Waals surface area contributed by atoms with Crippen molar-refractivity contribution in [1.82, 2.24) is 5.32 Å². The second-order valence-electron chi connectivity index (χ2n) is 5.60. The summed E-state index contributed by atoms with van der Waals surface area (Å²) in [6, 6.07) is 4.80. The fraction of sp³-hybridized carbons (Fsp3) is 0.500. The van der Waals surface area contributed by atoms with Gasteiger partial charge < -0.3 is 10.1 Å². The van der Waals surface area contributed by atoms with Crippen LogP contribution in [0.25, 0.3) is 0 Å². The molecule has 1 aromatic carbocycles. The Balaban J connectivity index is 1.90. The largest absolute Gasteiger partial charge is 0.452 e. The molecule has 0 bridgehead atoms. The predicted molar refractivity (Wildman–Crippen MR) is 85.9 cm³/mol. The van der Waals surface area contributed by atoms with Gasteiger partial charge in [-0.25, -0.2) is 0 Å². The number of halogens is 2. The van der Waals surface area contributed by atoms with E-state index in [1.54, 1.807) is 25.1 Å². The van der Waals surface area contributed by atoms with Crippen molar-refractivity contribution in [2.75, 3.05) is 0 Å². The van der Waals surface area contributed by atoms with Gasteiger partial charge in [0.1, 0.15) is 0 Å². The maximum atomic E-state index is 12.1. The van der Waals surface area contributed by atoms with Gasteiger partial charge in [-0.1, -0.05) is 35.7 Å². The normalized spacial score (nSPS) is 17.3. The maximum absolute atomic E-state index is 12.1. The van der Waals surface area contributed by atoms with E-state index in [2.05, 4.69) is 5.32 Å². The number of hydrogen-bond acceptors (Lipinski definition) is 3. The lowest BCUT2D eigenvalue weighted by Crippen LogP contribution is -2.39. The Labute approximate surface area is 140 Å². The molecule has 0 radical (unpaired) electrons. The molecule has 1 saturated carbocycles. The van der Waals surface area contributed by atoms with Gasteiger partial charge in [0, 0.05) is 10.0 Å². The van der Waals surface area contributed by atoms with E-state index in [1.807, 2.05) is 6.92 Å². The van der Waals surface area contributed by atoms with Crippen LogP contribution in [0.15, 0.2) is 18.2 Å². The predicted octanol–water partition coefficient (Wildman–Crippen LogP) is 3.90. The summed E-state index contributed by atoms with van der Waals surface area (Å²) in [5.74, 6) is -0.671. The zero-order valence-corrected chi connectivity index (χ0v) is 14.1. The standard InChI is InChI=1S/C16H19Cl2NO3/c1-9(13-7-6-12(17)8-14(13)18)19-15(20)10(2)22-16(21)11-4-3-5-11/h6-11H,3-5H2,1-2H3,(H,19,20)/t9-,10-/m0/s1. The van der Waals surface area contributed by atoms with Crippen molar-refractivity contribution < 1.29 is 14.3 Å². The van der Waals surface area contributed by atoms with Crippen molar-refractivity contribution in [3.63, 3.8) is 0 Å². The van der Waals surface area contributed by atoms with E-state index in [0.717, 1.165) is 24.8 Å². The van der Waals surface area contributed by atoms with Gasteiger partial charge in [-0.15, -0.1) is 0 Å². The molecule has 1 fully saturated rings. The van der Waals surface area contributed by atoms with Crippen molar-refractivity contribution >= 4 is 35.1 Å². The second kappa shape index (κ2) is 7.34. The number of amides is 1. The molecule has 2 rings (SSSR count). The quantitative estimate of drug-likeness (QED) is 0.824. The molecule has 1 amide bonds. The van der Waals surface area contributed by atoms with E-state index in [0.29, 0.717) is 10.0 Å². The zero-order chi connectivity index (χ0) is 16.3. The van der Waals surface area contributed by atoms with Crippen molar-refractivity contribution in [1.29, 1.82) is 0 Å². The minimum absolute atomic E-state index is 0.0432. The van der Waals surface area contributed by atoms with Crippen molar-refractivity contribution in [3.05, 3.63) is 33.8 Å². The lowest BCUT2D eigenvalue weighted by molar-refractivity contribution is -0.161. The van der Waals surface area contributed by atoms with E-state index in [4.69, 9.17) is 27.9 Å². The highest BCUT2D eigenvalue weighted by Gasteiger charge is 2.29. The van der Waals surface area contributed by atoms with Crippen LogP contribution in [0.1, 0.15) is 44.7 Å². The smallest absolute Gasteiger partial charge is 0.309 e. The molecule has 0 aromatic heterocycles. The molecule has 22 heavy (non-hydrogen) atoms. The van der Waals surface area contributed by atoms with Crippen LogP contribution in [0, 0.1) is 5.92 Å². The molecule has 6 heteroatoms. The third-order valence-corrected chi connectivity index (χ3v) is 4.45. The van der Waals surface area contributed by atoms with Crippen LogP contribution in [0.3, 0.4) is 0 Å². The Kier molecular flexibility index (Phi) is 5.70. The molecule has 4 nitrogen and oxygen atoms in total. The zero-order valence-electron chi connectivity index (χ0n) is 12.6. The molecule has 0 saturated heterocycles. The van der Waals surface area contributed by atoms with E-state index >= 15 is 0 Å². The molecule has 1 aliphatic carbocycles. The minimum Gasteiger partial charge on any atom is -0.452 e. The Morgan fingerprint density at radius 3 is 2.50 bits per heavy atom. The maximum Gasteiger partial charge on any atom is 0.309 e. The second-order valence-corrected chi connectivity index (χ2v) is 6.45. The Morgan fingerprint density at radius 2 is 1.95 bits per heavy atom. The lowest BCUT2D eigenvalue weighted by atomic mass is 9.86. The number of rotatable bonds is 5. The summed E-state index contributed by atoms with van der Waals surface area (Å²) in [7, 11) is 0. The molecule has 1 aromatic rings. The first-order valence-corrected chi connectivity index (χ1v) is 8.10. The fourth-order valence-corrected chi connectivity index (χ4v) is 2.80. The Hall–Kier alpha value is -1.26. The number of carbonyl (C=O) groups excluding carboxylic acids is 2. The lowest BCUT2D eigenvalue weighted by Gasteiger charge is -2.25. The first kappa shape index (κ1) is 17.1. The van der Waals surface area contributed by atoms with Crippen LogP contribution in [0.2, 0.25) is 10.0 Å². The topological polar surface area (TPSA) is 55.4 Å². The van der Waals surface area contributed by atoms with E-state index in [-0.39, 0.29) is 23.8 Å².